The molecule has 0 N–H and O–H groups in total. The molecule has 0 atom stereocenters. The number of hydrogen-bond donors (Lipinski definition) is 0. The summed E-state index contributed by atoms with van der Waals surface area (Å²) in [6.45, 7) is 2.70. The number of hydrazine groups is 1. The molecule has 1 amide bonds. The van der Waals surface area contributed by atoms with Gasteiger partial charge < -0.3 is 0 Å². The molecule has 0 bridgehead atoms. The average Bonchev–Trinajstić information content (AvgIpc) is 2.97. The zero-order valence-corrected chi connectivity index (χ0v) is 14.3. The molecular weight excluding hydrogens is 324 g/mol. The van der Waals surface area contributed by atoms with E-state index in [0.717, 1.165) is 23.2 Å². The summed E-state index contributed by atoms with van der Waals surface area (Å²) < 4.78 is 1.64. The summed E-state index contributed by atoms with van der Waals surface area (Å²) in [4.78, 5) is 13.0. The highest BCUT2D eigenvalue weighted by Crippen LogP contribution is 2.30. The number of para-hydroxylation sites is 1. The molecule has 0 saturated heterocycles. The van der Waals surface area contributed by atoms with Gasteiger partial charge in [-0.05, 0) is 42.7 Å². The first-order valence-electron chi connectivity index (χ1n) is 7.83. The Balaban J connectivity index is 1.70. The monoisotopic (exact) mass is 340 g/mol. The maximum atomic E-state index is 13.0. The number of rotatable bonds is 1. The lowest BCUT2D eigenvalue weighted by molar-refractivity contribution is 0.0732. The molecule has 3 heterocycles. The minimum Gasteiger partial charge on any atom is -0.285 e. The Kier molecular flexibility index (Phi) is 3.46. The number of amides is 1. The van der Waals surface area contributed by atoms with Crippen molar-refractivity contribution in [2.75, 3.05) is 18.6 Å². The summed E-state index contributed by atoms with van der Waals surface area (Å²) >= 11 is 5.99. The van der Waals surface area contributed by atoms with E-state index >= 15 is 0 Å². The first-order chi connectivity index (χ1) is 11.5. The van der Waals surface area contributed by atoms with Crippen LogP contribution >= 0.6 is 11.6 Å². The van der Waals surface area contributed by atoms with Gasteiger partial charge in [0.15, 0.2) is 5.69 Å². The molecule has 1 aromatic carbocycles. The average molecular weight is 341 g/mol. The van der Waals surface area contributed by atoms with Crippen LogP contribution < -0.4 is 5.01 Å². The minimum absolute atomic E-state index is 0.105. The van der Waals surface area contributed by atoms with Crippen molar-refractivity contribution in [3.8, 4) is 0 Å². The predicted octanol–water partition coefficient (Wildman–Crippen LogP) is 3.35. The molecule has 1 aliphatic heterocycles. The Hall–Kier alpha value is -2.53. The van der Waals surface area contributed by atoms with E-state index in [0.29, 0.717) is 17.3 Å². The van der Waals surface area contributed by atoms with Crippen LogP contribution in [0.4, 0.5) is 5.69 Å². The van der Waals surface area contributed by atoms with E-state index in [2.05, 4.69) is 30.2 Å². The summed E-state index contributed by atoms with van der Waals surface area (Å²) in [7, 11) is 1.93. The van der Waals surface area contributed by atoms with Crippen molar-refractivity contribution in [3.05, 3.63) is 64.4 Å². The number of aryl methyl sites for hydroxylation is 1. The number of halogens is 1. The normalized spacial score (nSPS) is 14.1. The van der Waals surface area contributed by atoms with Gasteiger partial charge in [0.05, 0.1) is 16.2 Å². The number of hydrogen-bond acceptors (Lipinski definition) is 3. The second-order valence-electron chi connectivity index (χ2n) is 6.03. The van der Waals surface area contributed by atoms with E-state index in [-0.39, 0.29) is 5.91 Å². The molecule has 5 nitrogen and oxygen atoms in total. The summed E-state index contributed by atoms with van der Waals surface area (Å²) in [6.07, 6.45) is 2.54. The third-order valence-corrected chi connectivity index (χ3v) is 4.70. The van der Waals surface area contributed by atoms with Crippen LogP contribution in [0.25, 0.3) is 5.52 Å². The molecule has 4 rings (SSSR count). The van der Waals surface area contributed by atoms with Crippen LogP contribution in [0.15, 0.2) is 42.6 Å². The van der Waals surface area contributed by atoms with Crippen LogP contribution in [0.5, 0.6) is 0 Å². The zero-order chi connectivity index (χ0) is 16.8. The molecule has 0 saturated carbocycles. The number of pyridine rings is 1. The zero-order valence-electron chi connectivity index (χ0n) is 13.5. The fourth-order valence-corrected chi connectivity index (χ4v) is 3.47. The number of carbonyl (C=O) groups is 1. The maximum Gasteiger partial charge on any atom is 0.292 e. The van der Waals surface area contributed by atoms with E-state index in [1.165, 1.54) is 5.56 Å². The third-order valence-electron chi connectivity index (χ3n) is 4.48. The lowest BCUT2D eigenvalue weighted by Gasteiger charge is -2.39. The van der Waals surface area contributed by atoms with E-state index in [4.69, 9.17) is 11.6 Å². The SMILES string of the molecule is Cc1cccc2c1N(C)N(C(=O)c1cc3ccc(Cl)cn3n1)CC2. The molecular formula is C18H17ClN4O. The van der Waals surface area contributed by atoms with Gasteiger partial charge in [0, 0.05) is 19.8 Å². The Morgan fingerprint density at radius 2 is 2.08 bits per heavy atom. The van der Waals surface area contributed by atoms with Crippen LogP contribution in [0.3, 0.4) is 0 Å². The lowest BCUT2D eigenvalue weighted by Crippen LogP contribution is -2.49. The van der Waals surface area contributed by atoms with Gasteiger partial charge in [0.1, 0.15) is 0 Å². The molecule has 0 aliphatic carbocycles. The van der Waals surface area contributed by atoms with E-state index < -0.39 is 0 Å². The van der Waals surface area contributed by atoms with E-state index in [1.807, 2.05) is 18.1 Å². The summed E-state index contributed by atoms with van der Waals surface area (Å²) in [6, 6.07) is 11.7. The number of nitrogens with zero attached hydrogens (tertiary/aromatic N) is 4. The summed E-state index contributed by atoms with van der Waals surface area (Å²) in [5.41, 5.74) is 4.79. The molecule has 0 fully saturated rings. The van der Waals surface area contributed by atoms with Gasteiger partial charge in [-0.3, -0.25) is 9.80 Å². The second kappa shape index (κ2) is 5.53. The molecule has 24 heavy (non-hydrogen) atoms. The Morgan fingerprint density at radius 1 is 1.25 bits per heavy atom. The van der Waals surface area contributed by atoms with Crippen molar-refractivity contribution in [2.24, 2.45) is 0 Å². The second-order valence-corrected chi connectivity index (χ2v) is 6.47. The van der Waals surface area contributed by atoms with Crippen molar-refractivity contribution in [1.82, 2.24) is 14.6 Å². The highest BCUT2D eigenvalue weighted by molar-refractivity contribution is 6.30. The van der Waals surface area contributed by atoms with Crippen molar-refractivity contribution >= 4 is 28.7 Å². The van der Waals surface area contributed by atoms with Crippen molar-refractivity contribution in [2.45, 2.75) is 13.3 Å². The van der Waals surface area contributed by atoms with Crippen LogP contribution in [-0.4, -0.2) is 34.1 Å². The molecule has 0 spiro atoms. The van der Waals surface area contributed by atoms with Gasteiger partial charge in [-0.15, -0.1) is 0 Å². The number of carbonyl (C=O) groups excluding carboxylic acids is 1. The number of fused-ring (bicyclic) bond motifs is 2. The van der Waals surface area contributed by atoms with Crippen molar-refractivity contribution in [1.29, 1.82) is 0 Å². The van der Waals surface area contributed by atoms with Crippen LogP contribution in [0.1, 0.15) is 21.6 Å². The molecule has 6 heteroatoms. The first kappa shape index (κ1) is 15.0. The maximum absolute atomic E-state index is 13.0. The molecule has 0 radical (unpaired) electrons. The fraction of sp³-hybridized carbons (Fsp3) is 0.222. The molecule has 1 aliphatic rings. The van der Waals surface area contributed by atoms with Crippen molar-refractivity contribution in [3.63, 3.8) is 0 Å². The molecule has 0 unspecified atom stereocenters. The van der Waals surface area contributed by atoms with Gasteiger partial charge in [-0.2, -0.15) is 5.10 Å². The van der Waals surface area contributed by atoms with Gasteiger partial charge in [0.25, 0.3) is 5.91 Å². The van der Waals surface area contributed by atoms with E-state index in [1.54, 1.807) is 27.9 Å². The fourth-order valence-electron chi connectivity index (χ4n) is 3.32. The number of aromatic nitrogens is 2. The molecule has 3 aromatic rings. The van der Waals surface area contributed by atoms with Gasteiger partial charge >= 0.3 is 0 Å². The number of anilines is 1. The van der Waals surface area contributed by atoms with Gasteiger partial charge in [0.2, 0.25) is 0 Å². The Bertz CT molecular complexity index is 949. The highest BCUT2D eigenvalue weighted by atomic mass is 35.5. The van der Waals surface area contributed by atoms with Gasteiger partial charge in [-0.1, -0.05) is 29.8 Å². The highest BCUT2D eigenvalue weighted by Gasteiger charge is 2.28. The quantitative estimate of drug-likeness (QED) is 0.682. The van der Waals surface area contributed by atoms with Crippen LogP contribution in [0.2, 0.25) is 5.02 Å². The third kappa shape index (κ3) is 2.32. The number of benzene rings is 1. The summed E-state index contributed by atoms with van der Waals surface area (Å²) in [5.74, 6) is -0.105. The van der Waals surface area contributed by atoms with Crippen molar-refractivity contribution < 1.29 is 4.79 Å². The van der Waals surface area contributed by atoms with Crippen LogP contribution in [0, 0.1) is 6.92 Å². The largest absolute Gasteiger partial charge is 0.292 e. The lowest BCUT2D eigenvalue weighted by atomic mass is 10.0. The van der Waals surface area contributed by atoms with E-state index in [9.17, 15) is 4.79 Å². The molecule has 2 aromatic heterocycles. The molecule has 122 valence electrons. The Labute approximate surface area is 145 Å². The smallest absolute Gasteiger partial charge is 0.285 e. The topological polar surface area (TPSA) is 40.9 Å². The Morgan fingerprint density at radius 3 is 2.92 bits per heavy atom. The minimum atomic E-state index is -0.105. The van der Waals surface area contributed by atoms with Gasteiger partial charge in [-0.25, -0.2) is 9.52 Å². The standard InChI is InChI=1S/C18H17ClN4O/c1-12-4-3-5-13-8-9-23(21(2)17(12)13)18(24)16-10-15-7-6-14(19)11-22(15)20-16/h3-7,10-11H,8-9H2,1-2H3. The first-order valence-corrected chi connectivity index (χ1v) is 8.21. The summed E-state index contributed by atoms with van der Waals surface area (Å²) in [5, 5.41) is 8.65. The van der Waals surface area contributed by atoms with Crippen LogP contribution in [-0.2, 0) is 6.42 Å². The predicted molar refractivity (Wildman–Crippen MR) is 94.5 cm³/mol.